The smallest absolute Gasteiger partial charge is 0.338 e. The number of carbonyl (C=O) groups excluding carboxylic acids is 1. The lowest BCUT2D eigenvalue weighted by molar-refractivity contribution is -0.242. The number of esters is 1. The Hall–Kier alpha value is -1.92. The monoisotopic (exact) mass is 640 g/mol. The molecule has 6 nitrogen and oxygen atoms in total. The Kier molecular flexibility index (Phi) is 12.5. The van der Waals surface area contributed by atoms with Gasteiger partial charge in [-0.15, -0.1) is 0 Å². The van der Waals surface area contributed by atoms with Crippen LogP contribution in [0, 0.1) is 52.3 Å². The van der Waals surface area contributed by atoms with Crippen LogP contribution in [-0.4, -0.2) is 42.1 Å². The molecule has 1 spiro atoms. The van der Waals surface area contributed by atoms with Gasteiger partial charge in [0.1, 0.15) is 6.10 Å². The fourth-order valence-electron chi connectivity index (χ4n) is 10.8. The number of hydrogen-bond acceptors (Lipinski definition) is 5. The number of fused-ring (bicyclic) bond motifs is 5. The van der Waals surface area contributed by atoms with E-state index in [-0.39, 0.29) is 28.8 Å². The standard InChI is InChI=1S/C36H52O6.2C2H6/c1-23(9-8-10-24(2)32(37)38)27-13-14-28-31-29(15-16-35(27,28)4)34(3)17-18-36(40-19-20-41-36)22-26(34)21-30(31)42-33(39)25-11-6-5-7-12-25;2*1-2/h5-7,11-12,23-24,26-31H,8-10,13-22H2,1-4H3,(H,37,38);2*1-2H3/t23-,24?,26+,27?,28?,29?,30-,31?,34?,35?;;/m1../s1. The van der Waals surface area contributed by atoms with Gasteiger partial charge in [0.05, 0.1) is 24.7 Å². The van der Waals surface area contributed by atoms with E-state index < -0.39 is 11.8 Å². The van der Waals surface area contributed by atoms with Crippen molar-refractivity contribution in [1.82, 2.24) is 0 Å². The summed E-state index contributed by atoms with van der Waals surface area (Å²) in [6.07, 6.45) is 11.5. The van der Waals surface area contributed by atoms with Crippen LogP contribution in [0.15, 0.2) is 30.3 Å². The summed E-state index contributed by atoms with van der Waals surface area (Å²) in [4.78, 5) is 24.9. The van der Waals surface area contributed by atoms with Gasteiger partial charge in [-0.05, 0) is 97.5 Å². The van der Waals surface area contributed by atoms with Gasteiger partial charge < -0.3 is 19.3 Å². The summed E-state index contributed by atoms with van der Waals surface area (Å²) in [6, 6.07) is 9.50. The average Bonchev–Trinajstić information content (AvgIpc) is 3.68. The number of rotatable bonds is 8. The SMILES string of the molecule is CC.CC.CC(CCC[C@@H](C)C1CCC2C3C(CCC21C)C1(C)CCC2(C[C@@H]1C[C@H]3OC(=O)c1ccccc1)OCCO2)C(=O)O. The maximum atomic E-state index is 13.5. The van der Waals surface area contributed by atoms with E-state index in [1.165, 1.54) is 25.7 Å². The Balaban J connectivity index is 0.00000116. The minimum atomic E-state index is -0.686. The molecule has 0 amide bonds. The fourth-order valence-corrected chi connectivity index (χ4v) is 10.8. The number of carboxylic acid groups (broad SMARTS) is 1. The van der Waals surface area contributed by atoms with Crippen LogP contribution < -0.4 is 0 Å². The van der Waals surface area contributed by atoms with Crippen molar-refractivity contribution < 1.29 is 28.9 Å². The first-order valence-electron chi connectivity index (χ1n) is 18.8. The molecular formula is C40H64O6. The van der Waals surface area contributed by atoms with E-state index in [9.17, 15) is 14.7 Å². The van der Waals surface area contributed by atoms with Crippen LogP contribution >= 0.6 is 0 Å². The molecule has 5 aliphatic rings. The first-order chi connectivity index (χ1) is 22.1. The third kappa shape index (κ3) is 7.09. The highest BCUT2D eigenvalue weighted by atomic mass is 16.7. The minimum Gasteiger partial charge on any atom is -0.481 e. The zero-order valence-corrected chi connectivity index (χ0v) is 30.2. The van der Waals surface area contributed by atoms with Gasteiger partial charge in [0.2, 0.25) is 0 Å². The van der Waals surface area contributed by atoms with E-state index in [4.69, 9.17) is 14.2 Å². The van der Waals surface area contributed by atoms with Gasteiger partial charge in [-0.3, -0.25) is 4.79 Å². The molecular weight excluding hydrogens is 576 g/mol. The first-order valence-corrected chi connectivity index (χ1v) is 18.8. The van der Waals surface area contributed by atoms with Crippen molar-refractivity contribution in [2.24, 2.45) is 52.3 Å². The molecule has 1 heterocycles. The molecule has 0 aromatic heterocycles. The van der Waals surface area contributed by atoms with E-state index in [0.717, 1.165) is 44.9 Å². The molecule has 5 fully saturated rings. The predicted molar refractivity (Wildman–Crippen MR) is 183 cm³/mol. The molecule has 7 unspecified atom stereocenters. The molecule has 4 saturated carbocycles. The zero-order valence-electron chi connectivity index (χ0n) is 30.2. The number of ether oxygens (including phenoxy) is 3. The van der Waals surface area contributed by atoms with Crippen molar-refractivity contribution in [3.8, 4) is 0 Å². The zero-order chi connectivity index (χ0) is 33.7. The lowest BCUT2D eigenvalue weighted by atomic mass is 9.43. The summed E-state index contributed by atoms with van der Waals surface area (Å²) in [6.45, 7) is 18.7. The van der Waals surface area contributed by atoms with Gasteiger partial charge in [-0.2, -0.15) is 0 Å². The number of benzene rings is 1. The molecule has 1 N–H and O–H groups in total. The third-order valence-corrected chi connectivity index (χ3v) is 13.2. The normalized spacial score (nSPS) is 36.8. The quantitative estimate of drug-likeness (QED) is 0.285. The van der Waals surface area contributed by atoms with Crippen LogP contribution in [0.2, 0.25) is 0 Å². The highest BCUT2D eigenvalue weighted by Gasteiger charge is 2.65. The average molecular weight is 641 g/mol. The number of aliphatic carboxylic acids is 1. The van der Waals surface area contributed by atoms with Gasteiger partial charge in [-0.25, -0.2) is 4.79 Å². The summed E-state index contributed by atoms with van der Waals surface area (Å²) >= 11 is 0. The molecule has 0 radical (unpaired) electrons. The van der Waals surface area contributed by atoms with Crippen LogP contribution in [-0.2, 0) is 19.0 Å². The van der Waals surface area contributed by atoms with Gasteiger partial charge in [0, 0.05) is 18.8 Å². The highest BCUT2D eigenvalue weighted by molar-refractivity contribution is 5.89. The fraction of sp³-hybridized carbons (Fsp3) is 0.800. The van der Waals surface area contributed by atoms with Crippen molar-refractivity contribution in [2.75, 3.05) is 13.2 Å². The van der Waals surface area contributed by atoms with Crippen LogP contribution in [0.25, 0.3) is 0 Å². The molecule has 46 heavy (non-hydrogen) atoms. The van der Waals surface area contributed by atoms with Crippen LogP contribution in [0.5, 0.6) is 0 Å². The largest absolute Gasteiger partial charge is 0.481 e. The van der Waals surface area contributed by atoms with Crippen LogP contribution in [0.4, 0.5) is 0 Å². The van der Waals surface area contributed by atoms with E-state index in [1.807, 2.05) is 65.0 Å². The van der Waals surface area contributed by atoms with E-state index in [2.05, 4.69) is 20.8 Å². The van der Waals surface area contributed by atoms with Crippen molar-refractivity contribution >= 4 is 11.9 Å². The first kappa shape index (κ1) is 36.9. The van der Waals surface area contributed by atoms with E-state index in [1.54, 1.807) is 0 Å². The van der Waals surface area contributed by atoms with Gasteiger partial charge in [0.25, 0.3) is 0 Å². The maximum absolute atomic E-state index is 13.5. The topological polar surface area (TPSA) is 82.1 Å². The lowest BCUT2D eigenvalue weighted by Gasteiger charge is -2.63. The summed E-state index contributed by atoms with van der Waals surface area (Å²) in [5.41, 5.74) is 1.07. The Morgan fingerprint density at radius 3 is 2.20 bits per heavy atom. The highest BCUT2D eigenvalue weighted by Crippen LogP contribution is 2.69. The summed E-state index contributed by atoms with van der Waals surface area (Å²) in [5.74, 6) is 1.48. The molecule has 1 saturated heterocycles. The summed E-state index contributed by atoms with van der Waals surface area (Å²) < 4.78 is 19.0. The Morgan fingerprint density at radius 2 is 1.54 bits per heavy atom. The Labute approximate surface area is 279 Å². The Bertz CT molecular complexity index is 1130. The molecule has 6 heteroatoms. The molecule has 1 aliphatic heterocycles. The molecule has 6 rings (SSSR count). The van der Waals surface area contributed by atoms with Crippen molar-refractivity contribution in [1.29, 1.82) is 0 Å². The van der Waals surface area contributed by atoms with Crippen LogP contribution in [0.1, 0.15) is 136 Å². The predicted octanol–water partition coefficient (Wildman–Crippen LogP) is 9.80. The summed E-state index contributed by atoms with van der Waals surface area (Å²) in [7, 11) is 0. The third-order valence-electron chi connectivity index (χ3n) is 13.2. The molecule has 0 bridgehead atoms. The van der Waals surface area contributed by atoms with Crippen molar-refractivity contribution in [3.63, 3.8) is 0 Å². The lowest BCUT2D eigenvalue weighted by Crippen LogP contribution is -2.60. The van der Waals surface area contributed by atoms with Crippen molar-refractivity contribution in [2.45, 2.75) is 138 Å². The van der Waals surface area contributed by atoms with Crippen molar-refractivity contribution in [3.05, 3.63) is 35.9 Å². The Morgan fingerprint density at radius 1 is 0.891 bits per heavy atom. The maximum Gasteiger partial charge on any atom is 0.338 e. The summed E-state index contributed by atoms with van der Waals surface area (Å²) in [5, 5.41) is 9.34. The number of hydrogen-bond donors (Lipinski definition) is 1. The molecule has 10 atom stereocenters. The van der Waals surface area contributed by atoms with Gasteiger partial charge >= 0.3 is 11.9 Å². The number of carboxylic acids is 1. The van der Waals surface area contributed by atoms with E-state index in [0.29, 0.717) is 54.3 Å². The van der Waals surface area contributed by atoms with Gasteiger partial charge in [-0.1, -0.05) is 86.4 Å². The van der Waals surface area contributed by atoms with E-state index >= 15 is 0 Å². The molecule has 260 valence electrons. The second-order valence-corrected chi connectivity index (χ2v) is 15.2. The minimum absolute atomic E-state index is 0.0903. The molecule has 1 aromatic rings. The van der Waals surface area contributed by atoms with Gasteiger partial charge in [0.15, 0.2) is 5.79 Å². The second-order valence-electron chi connectivity index (χ2n) is 15.2. The van der Waals surface area contributed by atoms with Crippen LogP contribution in [0.3, 0.4) is 0 Å². The molecule has 1 aromatic carbocycles. The number of carbonyl (C=O) groups is 2. The second kappa shape index (κ2) is 15.5. The molecule has 4 aliphatic carbocycles.